The van der Waals surface area contributed by atoms with Crippen LogP contribution in [0.1, 0.15) is 16.7 Å². The molecule has 0 heterocycles. The Morgan fingerprint density at radius 3 is 2.42 bits per heavy atom. The maximum atomic E-state index is 12.6. The average molecular weight is 351 g/mol. The molecular weight excluding hydrogens is 332 g/mol. The van der Waals surface area contributed by atoms with Crippen LogP contribution in [0.15, 0.2) is 41.3 Å². The molecule has 3 nitrogen and oxygen atoms in total. The summed E-state index contributed by atoms with van der Waals surface area (Å²) in [5, 5.41) is 2.62. The Hall–Kier alpha value is -2.08. The highest BCUT2D eigenvalue weighted by Crippen LogP contribution is 2.31. The third-order valence-electron chi connectivity index (χ3n) is 3.33. The molecular formula is C18H19F2NO2S. The van der Waals surface area contributed by atoms with Crippen LogP contribution in [0.3, 0.4) is 0 Å². The zero-order chi connectivity index (χ0) is 17.7. The first-order valence-electron chi connectivity index (χ1n) is 7.41. The fourth-order valence-electron chi connectivity index (χ4n) is 2.49. The molecule has 0 radical (unpaired) electrons. The SMILES string of the molecule is Cc1cc(C)c(OCC(=O)Nc2ccccc2SC(F)F)c(C)c1. The number of rotatable bonds is 6. The summed E-state index contributed by atoms with van der Waals surface area (Å²) < 4.78 is 30.7. The average Bonchev–Trinajstić information content (AvgIpc) is 2.47. The number of carbonyl (C=O) groups excluding carboxylic acids is 1. The van der Waals surface area contributed by atoms with E-state index in [0.717, 1.165) is 16.7 Å². The predicted molar refractivity (Wildman–Crippen MR) is 93.1 cm³/mol. The van der Waals surface area contributed by atoms with E-state index >= 15 is 0 Å². The number of anilines is 1. The van der Waals surface area contributed by atoms with Crippen LogP contribution < -0.4 is 10.1 Å². The maximum absolute atomic E-state index is 12.6. The maximum Gasteiger partial charge on any atom is 0.288 e. The third-order valence-corrected chi connectivity index (χ3v) is 4.12. The Bertz CT molecular complexity index is 712. The van der Waals surface area contributed by atoms with Crippen LogP contribution in [-0.2, 0) is 4.79 Å². The summed E-state index contributed by atoms with van der Waals surface area (Å²) in [6, 6.07) is 10.4. The second kappa shape index (κ2) is 8.15. The zero-order valence-electron chi connectivity index (χ0n) is 13.7. The zero-order valence-corrected chi connectivity index (χ0v) is 14.5. The molecule has 0 spiro atoms. The first-order chi connectivity index (χ1) is 11.4. The summed E-state index contributed by atoms with van der Waals surface area (Å²) in [7, 11) is 0. The van der Waals surface area contributed by atoms with E-state index in [-0.39, 0.29) is 6.61 Å². The van der Waals surface area contributed by atoms with E-state index in [0.29, 0.717) is 28.1 Å². The molecule has 0 aliphatic carbocycles. The number of alkyl halides is 2. The number of hydrogen-bond donors (Lipinski definition) is 1. The van der Waals surface area contributed by atoms with E-state index in [1.54, 1.807) is 24.3 Å². The van der Waals surface area contributed by atoms with Gasteiger partial charge in [-0.05, 0) is 44.0 Å². The number of thioether (sulfide) groups is 1. The summed E-state index contributed by atoms with van der Waals surface area (Å²) in [4.78, 5) is 12.4. The topological polar surface area (TPSA) is 38.3 Å². The molecule has 2 aromatic rings. The molecule has 0 atom stereocenters. The smallest absolute Gasteiger partial charge is 0.288 e. The Morgan fingerprint density at radius 2 is 1.79 bits per heavy atom. The molecule has 1 N–H and O–H groups in total. The largest absolute Gasteiger partial charge is 0.483 e. The number of halogens is 2. The van der Waals surface area contributed by atoms with Crippen molar-refractivity contribution >= 4 is 23.4 Å². The molecule has 128 valence electrons. The van der Waals surface area contributed by atoms with Crippen LogP contribution in [0, 0.1) is 20.8 Å². The highest BCUT2D eigenvalue weighted by atomic mass is 32.2. The van der Waals surface area contributed by atoms with E-state index in [1.165, 1.54) is 0 Å². The molecule has 0 aliphatic rings. The van der Waals surface area contributed by atoms with Gasteiger partial charge in [0.25, 0.3) is 11.7 Å². The molecule has 6 heteroatoms. The lowest BCUT2D eigenvalue weighted by Crippen LogP contribution is -2.21. The minimum absolute atomic E-state index is 0.182. The number of ether oxygens (including phenoxy) is 1. The van der Waals surface area contributed by atoms with Gasteiger partial charge in [-0.1, -0.05) is 41.6 Å². The van der Waals surface area contributed by atoms with Gasteiger partial charge in [0, 0.05) is 4.90 Å². The first-order valence-corrected chi connectivity index (χ1v) is 8.29. The fourth-order valence-corrected chi connectivity index (χ4v) is 3.08. The van der Waals surface area contributed by atoms with E-state index in [1.807, 2.05) is 32.9 Å². The van der Waals surface area contributed by atoms with Crippen LogP contribution in [0.4, 0.5) is 14.5 Å². The number of aryl methyl sites for hydroxylation is 3. The van der Waals surface area contributed by atoms with Gasteiger partial charge in [-0.3, -0.25) is 4.79 Å². The predicted octanol–water partition coefficient (Wildman–Crippen LogP) is 4.94. The molecule has 0 saturated carbocycles. The monoisotopic (exact) mass is 351 g/mol. The van der Waals surface area contributed by atoms with Gasteiger partial charge in [0.2, 0.25) is 0 Å². The Kier molecular flexibility index (Phi) is 6.20. The number of benzene rings is 2. The summed E-state index contributed by atoms with van der Waals surface area (Å²) in [5.74, 6) is -2.26. The molecule has 2 rings (SSSR count). The van der Waals surface area contributed by atoms with Gasteiger partial charge in [-0.15, -0.1) is 0 Å². The van der Waals surface area contributed by atoms with Crippen molar-refractivity contribution in [1.29, 1.82) is 0 Å². The Morgan fingerprint density at radius 1 is 1.17 bits per heavy atom. The number of amides is 1. The van der Waals surface area contributed by atoms with Crippen LogP contribution in [0.2, 0.25) is 0 Å². The van der Waals surface area contributed by atoms with Crippen molar-refractivity contribution in [2.45, 2.75) is 31.4 Å². The molecule has 0 aliphatic heterocycles. The summed E-state index contributed by atoms with van der Waals surface area (Å²) in [5.41, 5.74) is 3.39. The molecule has 0 unspecified atom stereocenters. The lowest BCUT2D eigenvalue weighted by Gasteiger charge is -2.14. The Balaban J connectivity index is 2.02. The minimum atomic E-state index is -2.54. The van der Waals surface area contributed by atoms with Crippen molar-refractivity contribution in [3.8, 4) is 5.75 Å². The summed E-state index contributed by atoms with van der Waals surface area (Å²) in [6.07, 6.45) is 0. The quantitative estimate of drug-likeness (QED) is 0.749. The van der Waals surface area contributed by atoms with Crippen LogP contribution in [0.25, 0.3) is 0 Å². The molecule has 2 aromatic carbocycles. The van der Waals surface area contributed by atoms with Crippen molar-refractivity contribution in [1.82, 2.24) is 0 Å². The molecule has 0 fully saturated rings. The van der Waals surface area contributed by atoms with Crippen molar-refractivity contribution in [2.75, 3.05) is 11.9 Å². The second-order valence-corrected chi connectivity index (χ2v) is 6.47. The van der Waals surface area contributed by atoms with Gasteiger partial charge in [-0.2, -0.15) is 8.78 Å². The fraction of sp³-hybridized carbons (Fsp3) is 0.278. The Labute approximate surface area is 144 Å². The third kappa shape index (κ3) is 4.96. The lowest BCUT2D eigenvalue weighted by atomic mass is 10.1. The molecule has 0 bridgehead atoms. The summed E-state index contributed by atoms with van der Waals surface area (Å²) in [6.45, 7) is 5.65. The highest BCUT2D eigenvalue weighted by molar-refractivity contribution is 7.99. The second-order valence-electron chi connectivity index (χ2n) is 5.44. The number of hydrogen-bond acceptors (Lipinski definition) is 3. The van der Waals surface area contributed by atoms with Crippen LogP contribution in [0.5, 0.6) is 5.75 Å². The minimum Gasteiger partial charge on any atom is -0.483 e. The van der Waals surface area contributed by atoms with Crippen molar-refractivity contribution in [3.05, 3.63) is 53.1 Å². The number of para-hydroxylation sites is 1. The number of carbonyl (C=O) groups is 1. The lowest BCUT2D eigenvalue weighted by molar-refractivity contribution is -0.118. The van der Waals surface area contributed by atoms with E-state index in [9.17, 15) is 13.6 Å². The van der Waals surface area contributed by atoms with Crippen molar-refractivity contribution < 1.29 is 18.3 Å². The molecule has 1 amide bonds. The standard InChI is InChI=1S/C18H19F2NO2S/c1-11-8-12(2)17(13(3)9-11)23-10-16(22)21-14-6-4-5-7-15(14)24-18(19)20/h4-9,18H,10H2,1-3H3,(H,21,22). The first kappa shape index (κ1) is 18.3. The molecule has 0 aromatic heterocycles. The van der Waals surface area contributed by atoms with E-state index in [2.05, 4.69) is 5.32 Å². The van der Waals surface area contributed by atoms with Gasteiger partial charge >= 0.3 is 0 Å². The van der Waals surface area contributed by atoms with Gasteiger partial charge < -0.3 is 10.1 Å². The van der Waals surface area contributed by atoms with Crippen molar-refractivity contribution in [3.63, 3.8) is 0 Å². The molecule has 24 heavy (non-hydrogen) atoms. The van der Waals surface area contributed by atoms with Crippen molar-refractivity contribution in [2.24, 2.45) is 0 Å². The summed E-state index contributed by atoms with van der Waals surface area (Å²) >= 11 is 0.399. The van der Waals surface area contributed by atoms with Crippen LogP contribution >= 0.6 is 11.8 Å². The highest BCUT2D eigenvalue weighted by Gasteiger charge is 2.13. The van der Waals surface area contributed by atoms with E-state index in [4.69, 9.17) is 4.74 Å². The van der Waals surface area contributed by atoms with Gasteiger partial charge in [0.05, 0.1) is 5.69 Å². The molecule has 0 saturated heterocycles. The van der Waals surface area contributed by atoms with Crippen LogP contribution in [-0.4, -0.2) is 18.3 Å². The normalized spacial score (nSPS) is 10.8. The van der Waals surface area contributed by atoms with Gasteiger partial charge in [0.1, 0.15) is 5.75 Å². The van der Waals surface area contributed by atoms with Gasteiger partial charge in [-0.25, -0.2) is 0 Å². The van der Waals surface area contributed by atoms with Gasteiger partial charge in [0.15, 0.2) is 6.61 Å². The number of nitrogens with one attached hydrogen (secondary N) is 1. The van der Waals surface area contributed by atoms with E-state index < -0.39 is 11.7 Å².